The summed E-state index contributed by atoms with van der Waals surface area (Å²) in [4.78, 5) is 36.4. The molecule has 0 aliphatic carbocycles. The largest absolute Gasteiger partial charge is 0.354 e. The van der Waals surface area contributed by atoms with Crippen molar-refractivity contribution in [3.63, 3.8) is 0 Å². The van der Waals surface area contributed by atoms with Gasteiger partial charge in [-0.05, 0) is 6.42 Å². The molecule has 114 valence electrons. The SMILES string of the molecule is CCCN1C(=O)NC(CC(=O)NCCn2ccnn2)C1=O. The summed E-state index contributed by atoms with van der Waals surface area (Å²) < 4.78 is 1.59. The van der Waals surface area contributed by atoms with Crippen molar-refractivity contribution < 1.29 is 14.4 Å². The van der Waals surface area contributed by atoms with Gasteiger partial charge >= 0.3 is 6.03 Å². The van der Waals surface area contributed by atoms with Gasteiger partial charge in [-0.25, -0.2) is 4.79 Å². The van der Waals surface area contributed by atoms with E-state index in [0.29, 0.717) is 26.1 Å². The van der Waals surface area contributed by atoms with Crippen LogP contribution in [0.3, 0.4) is 0 Å². The first kappa shape index (κ1) is 14.9. The fourth-order valence-electron chi connectivity index (χ4n) is 2.07. The average Bonchev–Trinajstić information content (AvgIpc) is 3.04. The van der Waals surface area contributed by atoms with E-state index in [1.165, 1.54) is 0 Å². The molecule has 1 atom stereocenters. The molecule has 2 rings (SSSR count). The minimum Gasteiger partial charge on any atom is -0.354 e. The third-order valence-corrected chi connectivity index (χ3v) is 3.08. The van der Waals surface area contributed by atoms with Crippen LogP contribution in [0.4, 0.5) is 4.79 Å². The smallest absolute Gasteiger partial charge is 0.324 e. The molecule has 1 aromatic heterocycles. The molecule has 0 bridgehead atoms. The van der Waals surface area contributed by atoms with Crippen LogP contribution in [0.5, 0.6) is 0 Å². The van der Waals surface area contributed by atoms with Crippen LogP contribution in [0.1, 0.15) is 19.8 Å². The summed E-state index contributed by atoms with van der Waals surface area (Å²) in [5.41, 5.74) is 0. The van der Waals surface area contributed by atoms with E-state index in [0.717, 1.165) is 4.90 Å². The highest BCUT2D eigenvalue weighted by Gasteiger charge is 2.38. The quantitative estimate of drug-likeness (QED) is 0.634. The molecule has 4 amide bonds. The van der Waals surface area contributed by atoms with Crippen LogP contribution in [0.2, 0.25) is 0 Å². The highest BCUT2D eigenvalue weighted by Crippen LogP contribution is 2.09. The monoisotopic (exact) mass is 294 g/mol. The minimum atomic E-state index is -0.768. The number of imide groups is 1. The number of nitrogens with zero attached hydrogens (tertiary/aromatic N) is 4. The summed E-state index contributed by atoms with van der Waals surface area (Å²) in [7, 11) is 0. The molecule has 0 spiro atoms. The maximum Gasteiger partial charge on any atom is 0.324 e. The predicted octanol–water partition coefficient (Wildman–Crippen LogP) is -0.885. The number of hydrogen-bond acceptors (Lipinski definition) is 5. The highest BCUT2D eigenvalue weighted by atomic mass is 16.2. The van der Waals surface area contributed by atoms with Crippen LogP contribution < -0.4 is 10.6 Å². The Morgan fingerprint density at radius 1 is 1.43 bits per heavy atom. The Labute approximate surface area is 121 Å². The van der Waals surface area contributed by atoms with Crippen molar-refractivity contribution in [1.82, 2.24) is 30.5 Å². The number of hydrogen-bond donors (Lipinski definition) is 2. The first-order chi connectivity index (χ1) is 10.1. The number of carbonyl (C=O) groups is 3. The lowest BCUT2D eigenvalue weighted by Gasteiger charge is -2.11. The minimum absolute atomic E-state index is 0.0534. The Morgan fingerprint density at radius 2 is 2.24 bits per heavy atom. The van der Waals surface area contributed by atoms with Crippen LogP contribution >= 0.6 is 0 Å². The summed E-state index contributed by atoms with van der Waals surface area (Å²) >= 11 is 0. The number of rotatable bonds is 7. The molecule has 9 nitrogen and oxygen atoms in total. The molecule has 2 heterocycles. The number of carbonyl (C=O) groups excluding carboxylic acids is 3. The first-order valence-corrected chi connectivity index (χ1v) is 6.84. The van der Waals surface area contributed by atoms with Gasteiger partial charge in [0.2, 0.25) is 5.91 Å². The van der Waals surface area contributed by atoms with E-state index in [1.54, 1.807) is 17.1 Å². The molecule has 0 radical (unpaired) electrons. The molecule has 21 heavy (non-hydrogen) atoms. The molecule has 1 saturated heterocycles. The average molecular weight is 294 g/mol. The van der Waals surface area contributed by atoms with Gasteiger partial charge in [0.25, 0.3) is 5.91 Å². The van der Waals surface area contributed by atoms with E-state index in [2.05, 4.69) is 20.9 Å². The summed E-state index contributed by atoms with van der Waals surface area (Å²) in [5.74, 6) is -0.625. The van der Waals surface area contributed by atoms with Crippen molar-refractivity contribution in [3.8, 4) is 0 Å². The molecule has 0 saturated carbocycles. The zero-order valence-corrected chi connectivity index (χ0v) is 11.8. The van der Waals surface area contributed by atoms with E-state index >= 15 is 0 Å². The van der Waals surface area contributed by atoms with Gasteiger partial charge < -0.3 is 10.6 Å². The lowest BCUT2D eigenvalue weighted by atomic mass is 10.2. The lowest BCUT2D eigenvalue weighted by Crippen LogP contribution is -2.37. The summed E-state index contributed by atoms with van der Waals surface area (Å²) in [6.07, 6.45) is 3.88. The van der Waals surface area contributed by atoms with Crippen molar-refractivity contribution in [2.45, 2.75) is 32.4 Å². The summed E-state index contributed by atoms with van der Waals surface area (Å²) in [5, 5.41) is 12.6. The van der Waals surface area contributed by atoms with E-state index in [1.807, 2.05) is 6.92 Å². The van der Waals surface area contributed by atoms with Gasteiger partial charge in [-0.15, -0.1) is 5.10 Å². The maximum atomic E-state index is 11.9. The van der Waals surface area contributed by atoms with Gasteiger partial charge in [-0.3, -0.25) is 19.2 Å². The van der Waals surface area contributed by atoms with Crippen molar-refractivity contribution in [2.75, 3.05) is 13.1 Å². The Kier molecular flexibility index (Phi) is 4.85. The zero-order chi connectivity index (χ0) is 15.2. The van der Waals surface area contributed by atoms with E-state index in [9.17, 15) is 14.4 Å². The van der Waals surface area contributed by atoms with E-state index in [-0.39, 0.29) is 18.2 Å². The van der Waals surface area contributed by atoms with Crippen LogP contribution in [0, 0.1) is 0 Å². The van der Waals surface area contributed by atoms with Crippen molar-refractivity contribution in [3.05, 3.63) is 12.4 Å². The van der Waals surface area contributed by atoms with Crippen molar-refractivity contribution in [2.24, 2.45) is 0 Å². The fraction of sp³-hybridized carbons (Fsp3) is 0.583. The Balaban J connectivity index is 1.75. The maximum absolute atomic E-state index is 11.9. The third-order valence-electron chi connectivity index (χ3n) is 3.08. The Hall–Kier alpha value is -2.45. The normalized spacial score (nSPS) is 18.0. The van der Waals surface area contributed by atoms with Crippen LogP contribution in [-0.2, 0) is 16.1 Å². The molecular formula is C12H18N6O3. The van der Waals surface area contributed by atoms with Gasteiger partial charge in [0.1, 0.15) is 6.04 Å². The molecule has 1 fully saturated rings. The van der Waals surface area contributed by atoms with Gasteiger partial charge in [0.15, 0.2) is 0 Å². The molecule has 0 aromatic carbocycles. The summed E-state index contributed by atoms with van der Waals surface area (Å²) in [6.45, 7) is 3.13. The van der Waals surface area contributed by atoms with E-state index < -0.39 is 12.1 Å². The lowest BCUT2D eigenvalue weighted by molar-refractivity contribution is -0.130. The standard InChI is InChI=1S/C12H18N6O3/c1-2-5-18-11(20)9(15-12(18)21)8-10(19)13-3-6-17-7-4-14-16-17/h4,7,9H,2-3,5-6,8H2,1H3,(H,13,19)(H,15,21). The van der Waals surface area contributed by atoms with Gasteiger partial charge in [-0.1, -0.05) is 12.1 Å². The topological polar surface area (TPSA) is 109 Å². The molecule has 1 aliphatic rings. The predicted molar refractivity (Wildman–Crippen MR) is 72.0 cm³/mol. The molecule has 1 aromatic rings. The molecule has 2 N–H and O–H groups in total. The highest BCUT2D eigenvalue weighted by molar-refractivity contribution is 6.05. The second kappa shape index (κ2) is 6.82. The van der Waals surface area contributed by atoms with Crippen molar-refractivity contribution in [1.29, 1.82) is 0 Å². The van der Waals surface area contributed by atoms with Crippen LogP contribution in [-0.4, -0.2) is 56.9 Å². The van der Waals surface area contributed by atoms with Crippen molar-refractivity contribution >= 4 is 17.8 Å². The van der Waals surface area contributed by atoms with Gasteiger partial charge in [0.05, 0.1) is 19.2 Å². The Morgan fingerprint density at radius 3 is 2.90 bits per heavy atom. The number of urea groups is 1. The van der Waals surface area contributed by atoms with E-state index in [4.69, 9.17) is 0 Å². The van der Waals surface area contributed by atoms with Gasteiger partial charge in [0, 0.05) is 19.3 Å². The molecule has 1 unspecified atom stereocenters. The third kappa shape index (κ3) is 3.77. The van der Waals surface area contributed by atoms with Crippen LogP contribution in [0.25, 0.3) is 0 Å². The number of aromatic nitrogens is 3. The number of amides is 4. The molecule has 1 aliphatic heterocycles. The zero-order valence-electron chi connectivity index (χ0n) is 11.8. The molecular weight excluding hydrogens is 276 g/mol. The number of nitrogens with one attached hydrogen (secondary N) is 2. The second-order valence-electron chi connectivity index (χ2n) is 4.71. The van der Waals surface area contributed by atoms with Crippen LogP contribution in [0.15, 0.2) is 12.4 Å². The first-order valence-electron chi connectivity index (χ1n) is 6.84. The summed E-state index contributed by atoms with van der Waals surface area (Å²) in [6, 6.07) is -1.20. The molecule has 9 heteroatoms. The fourth-order valence-corrected chi connectivity index (χ4v) is 2.07. The Bertz CT molecular complexity index is 515. The second-order valence-corrected chi connectivity index (χ2v) is 4.71. The van der Waals surface area contributed by atoms with Gasteiger partial charge in [-0.2, -0.15) is 0 Å².